The van der Waals surface area contributed by atoms with Gasteiger partial charge in [-0.25, -0.2) is 0 Å². The van der Waals surface area contributed by atoms with E-state index in [0.717, 1.165) is 23.9 Å². The van der Waals surface area contributed by atoms with Crippen molar-refractivity contribution in [2.45, 2.75) is 13.0 Å². The lowest BCUT2D eigenvalue weighted by atomic mass is 9.99. The smallest absolute Gasteiger partial charge is 0.187 e. The first-order chi connectivity index (χ1) is 8.36. The molecule has 0 saturated heterocycles. The van der Waals surface area contributed by atoms with E-state index in [1.807, 2.05) is 12.1 Å². The van der Waals surface area contributed by atoms with E-state index in [1.54, 1.807) is 6.08 Å². The molecule has 2 aliphatic rings. The summed E-state index contributed by atoms with van der Waals surface area (Å²) in [5.41, 5.74) is 4.52. The zero-order chi connectivity index (χ0) is 11.4. The van der Waals surface area contributed by atoms with E-state index in [4.69, 9.17) is 0 Å². The first-order valence-electron chi connectivity index (χ1n) is 5.88. The molecule has 0 atom stereocenters. The summed E-state index contributed by atoms with van der Waals surface area (Å²) in [7, 11) is 0. The summed E-state index contributed by atoms with van der Waals surface area (Å²) in [6.45, 7) is 0.879. The van der Waals surface area contributed by atoms with Crippen LogP contribution in [0.1, 0.15) is 21.6 Å². The van der Waals surface area contributed by atoms with Gasteiger partial charge in [-0.15, -0.1) is 12.4 Å². The normalized spacial score (nSPS) is 15.7. The predicted molar refractivity (Wildman–Crippen MR) is 75.4 cm³/mol. The van der Waals surface area contributed by atoms with Crippen LogP contribution in [0, 0.1) is 0 Å². The van der Waals surface area contributed by atoms with Crippen LogP contribution in [0.15, 0.2) is 36.4 Å². The molecule has 0 amide bonds. The number of rotatable bonds is 0. The van der Waals surface area contributed by atoms with Gasteiger partial charge in [0.05, 0.1) is 11.1 Å². The summed E-state index contributed by atoms with van der Waals surface area (Å²) < 4.78 is 2.28. The van der Waals surface area contributed by atoms with Gasteiger partial charge >= 0.3 is 0 Å². The molecule has 2 heterocycles. The lowest BCUT2D eigenvalue weighted by Gasteiger charge is -2.13. The molecule has 2 nitrogen and oxygen atoms in total. The molecule has 0 bridgehead atoms. The molecule has 2 aromatic rings. The summed E-state index contributed by atoms with van der Waals surface area (Å²) in [5, 5.41) is 1.11. The number of fused-ring (bicyclic) bond motifs is 3. The van der Waals surface area contributed by atoms with Crippen LogP contribution in [-0.4, -0.2) is 10.4 Å². The fourth-order valence-corrected chi connectivity index (χ4v) is 2.96. The second kappa shape index (κ2) is 3.85. The Morgan fingerprint density at radius 1 is 1.11 bits per heavy atom. The van der Waals surface area contributed by atoms with Crippen LogP contribution >= 0.6 is 12.4 Å². The molecule has 0 fully saturated rings. The van der Waals surface area contributed by atoms with Crippen LogP contribution in [0.3, 0.4) is 0 Å². The molecule has 90 valence electrons. The molecule has 1 aromatic heterocycles. The number of halogens is 1. The number of allylic oxidation sites excluding steroid dienone is 3. The fraction of sp³-hybridized carbons (Fsp3) is 0.133. The minimum atomic E-state index is 0. The molecule has 0 unspecified atom stereocenters. The second-order valence-electron chi connectivity index (χ2n) is 4.55. The number of carbonyl (C=O) groups excluding carboxylic acids is 1. The van der Waals surface area contributed by atoms with Gasteiger partial charge in [-0.05, 0) is 11.6 Å². The Bertz CT molecular complexity index is 722. The van der Waals surface area contributed by atoms with Crippen LogP contribution in [0.25, 0.3) is 17.0 Å². The van der Waals surface area contributed by atoms with Gasteiger partial charge in [0.1, 0.15) is 0 Å². The highest BCUT2D eigenvalue weighted by Gasteiger charge is 2.24. The standard InChI is InChI=1S/C15H11NO.ClH/c17-13-8-2-7-12-14(13)11-6-1-4-10-5-3-9-16(12)15(10)11;/h1-6,8H,7,9H2;1H. The molecule has 0 saturated carbocycles. The van der Waals surface area contributed by atoms with Crippen molar-refractivity contribution in [3.05, 3.63) is 53.2 Å². The molecule has 4 rings (SSSR count). The average molecular weight is 258 g/mol. The topological polar surface area (TPSA) is 22.0 Å². The second-order valence-corrected chi connectivity index (χ2v) is 4.55. The molecular weight excluding hydrogens is 246 g/mol. The van der Waals surface area contributed by atoms with E-state index in [0.29, 0.717) is 0 Å². The number of para-hydroxylation sites is 1. The third-order valence-corrected chi connectivity index (χ3v) is 3.63. The minimum Gasteiger partial charge on any atom is -0.339 e. The van der Waals surface area contributed by atoms with Gasteiger partial charge in [-0.2, -0.15) is 0 Å². The SMILES string of the molecule is Cl.O=C1C=CCc2c1c1cccc3c1n2CC=C3. The summed E-state index contributed by atoms with van der Waals surface area (Å²) in [5.74, 6) is 0.147. The molecule has 1 aliphatic heterocycles. The molecule has 3 heteroatoms. The quantitative estimate of drug-likeness (QED) is 0.709. The number of carbonyl (C=O) groups is 1. The van der Waals surface area contributed by atoms with Crippen molar-refractivity contribution in [2.24, 2.45) is 0 Å². The number of benzene rings is 1. The Kier molecular flexibility index (Phi) is 2.42. The Hall–Kier alpha value is -1.80. The molecule has 1 aromatic carbocycles. The molecule has 1 aliphatic carbocycles. The summed E-state index contributed by atoms with van der Waals surface area (Å²) in [6.07, 6.45) is 8.83. The maximum absolute atomic E-state index is 12.0. The highest BCUT2D eigenvalue weighted by molar-refractivity contribution is 6.16. The number of ketones is 1. The van der Waals surface area contributed by atoms with Crippen molar-refractivity contribution >= 4 is 35.2 Å². The van der Waals surface area contributed by atoms with Gasteiger partial charge < -0.3 is 4.57 Å². The maximum atomic E-state index is 12.0. The largest absolute Gasteiger partial charge is 0.339 e. The maximum Gasteiger partial charge on any atom is 0.187 e. The van der Waals surface area contributed by atoms with Gasteiger partial charge in [0.2, 0.25) is 0 Å². The highest BCUT2D eigenvalue weighted by atomic mass is 35.5. The predicted octanol–water partition coefficient (Wildman–Crippen LogP) is 3.38. The summed E-state index contributed by atoms with van der Waals surface area (Å²) in [4.78, 5) is 12.0. The molecule has 18 heavy (non-hydrogen) atoms. The van der Waals surface area contributed by atoms with E-state index in [-0.39, 0.29) is 18.2 Å². The van der Waals surface area contributed by atoms with Gasteiger partial charge in [-0.3, -0.25) is 4.79 Å². The van der Waals surface area contributed by atoms with Crippen LogP contribution in [0.5, 0.6) is 0 Å². The molecular formula is C15H12ClNO. The number of hydrogen-bond donors (Lipinski definition) is 0. The monoisotopic (exact) mass is 257 g/mol. The number of nitrogens with zero attached hydrogens (tertiary/aromatic N) is 1. The zero-order valence-corrected chi connectivity index (χ0v) is 10.5. The van der Waals surface area contributed by atoms with Crippen molar-refractivity contribution in [3.63, 3.8) is 0 Å². The van der Waals surface area contributed by atoms with E-state index >= 15 is 0 Å². The van der Waals surface area contributed by atoms with E-state index in [2.05, 4.69) is 28.9 Å². The van der Waals surface area contributed by atoms with Crippen LogP contribution in [0.4, 0.5) is 0 Å². The van der Waals surface area contributed by atoms with Crippen molar-refractivity contribution in [2.75, 3.05) is 0 Å². The Balaban J connectivity index is 0.000001000. The van der Waals surface area contributed by atoms with Gasteiger partial charge in [0.15, 0.2) is 5.78 Å². The Morgan fingerprint density at radius 2 is 2.00 bits per heavy atom. The van der Waals surface area contributed by atoms with Crippen molar-refractivity contribution in [1.29, 1.82) is 0 Å². The zero-order valence-electron chi connectivity index (χ0n) is 9.72. The Labute approximate surface area is 111 Å². The highest BCUT2D eigenvalue weighted by Crippen LogP contribution is 2.34. The lowest BCUT2D eigenvalue weighted by molar-refractivity contribution is 0.104. The van der Waals surface area contributed by atoms with Gasteiger partial charge in [0, 0.05) is 24.0 Å². The van der Waals surface area contributed by atoms with Crippen LogP contribution in [0.2, 0.25) is 0 Å². The van der Waals surface area contributed by atoms with E-state index in [1.165, 1.54) is 16.8 Å². The Morgan fingerprint density at radius 3 is 2.89 bits per heavy atom. The average Bonchev–Trinajstić information content (AvgIpc) is 2.69. The summed E-state index contributed by atoms with van der Waals surface area (Å²) in [6, 6.07) is 6.20. The molecule has 0 radical (unpaired) electrons. The van der Waals surface area contributed by atoms with Crippen LogP contribution in [-0.2, 0) is 13.0 Å². The third kappa shape index (κ3) is 1.27. The van der Waals surface area contributed by atoms with Crippen molar-refractivity contribution in [3.8, 4) is 0 Å². The third-order valence-electron chi connectivity index (χ3n) is 3.63. The number of aromatic nitrogens is 1. The van der Waals surface area contributed by atoms with Gasteiger partial charge in [0.25, 0.3) is 0 Å². The van der Waals surface area contributed by atoms with Crippen molar-refractivity contribution < 1.29 is 4.79 Å². The minimum absolute atomic E-state index is 0. The first kappa shape index (κ1) is 11.3. The molecule has 0 N–H and O–H groups in total. The van der Waals surface area contributed by atoms with E-state index < -0.39 is 0 Å². The van der Waals surface area contributed by atoms with E-state index in [9.17, 15) is 4.79 Å². The number of hydrogen-bond acceptors (Lipinski definition) is 1. The first-order valence-corrected chi connectivity index (χ1v) is 5.88. The van der Waals surface area contributed by atoms with Crippen LogP contribution < -0.4 is 0 Å². The lowest BCUT2D eigenvalue weighted by Crippen LogP contribution is -2.09. The fourth-order valence-electron chi connectivity index (χ4n) is 2.96. The summed E-state index contributed by atoms with van der Waals surface area (Å²) >= 11 is 0. The van der Waals surface area contributed by atoms with Gasteiger partial charge in [-0.1, -0.05) is 36.4 Å². The molecule has 0 spiro atoms. The van der Waals surface area contributed by atoms with Crippen molar-refractivity contribution in [1.82, 2.24) is 4.57 Å².